The molecule has 55 heavy (non-hydrogen) atoms. The summed E-state index contributed by atoms with van der Waals surface area (Å²) in [5.41, 5.74) is 4.49. The third kappa shape index (κ3) is 11.8. The van der Waals surface area contributed by atoms with Crippen molar-refractivity contribution < 1.29 is 28.8 Å². The van der Waals surface area contributed by atoms with E-state index in [9.17, 15) is 28.8 Å². The number of nitrogens with zero attached hydrogens (tertiary/aromatic N) is 3. The maximum atomic E-state index is 14.0. The summed E-state index contributed by atoms with van der Waals surface area (Å²) in [6.45, 7) is 7.29. The van der Waals surface area contributed by atoms with Crippen LogP contribution in [0.1, 0.15) is 72.6 Å². The Labute approximate surface area is 320 Å². The van der Waals surface area contributed by atoms with Crippen LogP contribution in [-0.2, 0) is 32.0 Å². The lowest BCUT2D eigenvalue weighted by atomic mass is 9.97. The molecule has 4 rings (SSSR count). The number of aromatic amines is 2. The van der Waals surface area contributed by atoms with E-state index in [1.54, 1.807) is 80.7 Å². The first kappa shape index (κ1) is 41.4. The van der Waals surface area contributed by atoms with Crippen LogP contribution < -0.4 is 26.7 Å². The van der Waals surface area contributed by atoms with Gasteiger partial charge in [-0.2, -0.15) is 0 Å². The topological polar surface area (TPSA) is 223 Å². The lowest BCUT2D eigenvalue weighted by Gasteiger charge is -2.32. The van der Waals surface area contributed by atoms with Crippen LogP contribution in [0.5, 0.6) is 0 Å². The van der Waals surface area contributed by atoms with E-state index in [2.05, 4.69) is 46.6 Å². The Hall–Kier alpha value is -6.32. The molecular formula is C39H50N10O6. The highest BCUT2D eigenvalue weighted by atomic mass is 16.2. The molecule has 292 valence electrons. The molecule has 0 bridgehead atoms. The lowest BCUT2D eigenvalue weighted by Crippen LogP contribution is -2.62. The van der Waals surface area contributed by atoms with Crippen molar-refractivity contribution in [3.05, 3.63) is 108 Å². The van der Waals surface area contributed by atoms with Crippen molar-refractivity contribution in [1.29, 1.82) is 0 Å². The number of benzene rings is 2. The van der Waals surface area contributed by atoms with Crippen molar-refractivity contribution in [1.82, 2.24) is 51.6 Å². The number of hydrazine groups is 1. The van der Waals surface area contributed by atoms with Crippen LogP contribution in [0.4, 0.5) is 0 Å². The summed E-state index contributed by atoms with van der Waals surface area (Å²) < 4.78 is 0. The maximum absolute atomic E-state index is 14.0. The summed E-state index contributed by atoms with van der Waals surface area (Å²) >= 11 is 0. The number of hydrogen-bond acceptors (Lipinski definition) is 8. The highest BCUT2D eigenvalue weighted by Crippen LogP contribution is 2.14. The summed E-state index contributed by atoms with van der Waals surface area (Å²) in [6, 6.07) is 12.5. The normalized spacial score (nSPS) is 14.2. The predicted octanol–water partition coefficient (Wildman–Crippen LogP) is 2.07. The molecule has 2 heterocycles. The molecule has 16 nitrogen and oxygen atoms in total. The number of rotatable bonds is 18. The molecule has 0 saturated carbocycles. The molecule has 0 aliphatic rings. The van der Waals surface area contributed by atoms with Gasteiger partial charge < -0.3 is 31.2 Å². The Morgan fingerprint density at radius 3 is 1.44 bits per heavy atom. The van der Waals surface area contributed by atoms with Gasteiger partial charge in [0.15, 0.2) is 0 Å². The SMILES string of the molecule is CCC(C)[C@H](NC(=O)[C@H](Cc1cnc[nH]1)NC(=O)c1ccccc1)C(=O)N(C)NC(=O)[C@H](NC(=O)[C@@H](Cc1cnc[nH]1)NC(=O)c1ccccc1)C(C)CC. The molecule has 2 aromatic heterocycles. The molecule has 0 radical (unpaired) electrons. The fourth-order valence-corrected chi connectivity index (χ4v) is 5.70. The van der Waals surface area contributed by atoms with Gasteiger partial charge >= 0.3 is 0 Å². The first-order chi connectivity index (χ1) is 26.4. The molecule has 0 spiro atoms. The average Bonchev–Trinajstić information content (AvgIpc) is 3.93. The Morgan fingerprint density at radius 1 is 0.618 bits per heavy atom. The van der Waals surface area contributed by atoms with E-state index in [1.165, 1.54) is 25.9 Å². The molecule has 0 saturated heterocycles. The molecule has 2 aromatic carbocycles. The van der Waals surface area contributed by atoms with Gasteiger partial charge in [0.05, 0.1) is 12.7 Å². The molecular weight excluding hydrogens is 704 g/mol. The quantitative estimate of drug-likeness (QED) is 0.0744. The van der Waals surface area contributed by atoms with Gasteiger partial charge in [-0.3, -0.25) is 39.2 Å². The zero-order valence-corrected chi connectivity index (χ0v) is 31.7. The number of amides is 6. The number of carbonyl (C=O) groups is 6. The number of hydrogen-bond donors (Lipinski definition) is 7. The Kier molecular flexibility index (Phi) is 15.2. The van der Waals surface area contributed by atoms with Gasteiger partial charge in [0, 0.05) is 54.8 Å². The number of nitrogens with one attached hydrogen (secondary N) is 7. The Bertz CT molecular complexity index is 1850. The molecule has 4 aromatic rings. The minimum absolute atomic E-state index is 0.0705. The van der Waals surface area contributed by atoms with Crippen molar-refractivity contribution in [3.63, 3.8) is 0 Å². The Balaban J connectivity index is 1.48. The zero-order valence-electron chi connectivity index (χ0n) is 31.7. The zero-order chi connectivity index (χ0) is 39.9. The highest BCUT2D eigenvalue weighted by Gasteiger charge is 2.35. The molecule has 0 aliphatic carbocycles. The minimum Gasteiger partial charge on any atom is -0.348 e. The maximum Gasteiger partial charge on any atom is 0.263 e. The Morgan fingerprint density at radius 2 is 1.04 bits per heavy atom. The predicted molar refractivity (Wildman–Crippen MR) is 204 cm³/mol. The van der Waals surface area contributed by atoms with E-state index in [0.717, 1.165) is 5.01 Å². The molecule has 6 amide bonds. The van der Waals surface area contributed by atoms with Gasteiger partial charge in [0.1, 0.15) is 24.2 Å². The van der Waals surface area contributed by atoms with E-state index in [-0.39, 0.29) is 24.7 Å². The first-order valence-electron chi connectivity index (χ1n) is 18.3. The second-order valence-corrected chi connectivity index (χ2v) is 13.5. The van der Waals surface area contributed by atoms with Gasteiger partial charge in [-0.1, -0.05) is 76.9 Å². The number of likely N-dealkylation sites (N-methyl/N-ethyl adjacent to an activating group) is 1. The largest absolute Gasteiger partial charge is 0.348 e. The van der Waals surface area contributed by atoms with Crippen molar-refractivity contribution in [2.75, 3.05) is 7.05 Å². The summed E-state index contributed by atoms with van der Waals surface area (Å²) in [5.74, 6) is -4.22. The lowest BCUT2D eigenvalue weighted by molar-refractivity contribution is -0.145. The number of aromatic nitrogens is 4. The average molecular weight is 755 g/mol. The molecule has 0 aliphatic heterocycles. The van der Waals surface area contributed by atoms with Crippen LogP contribution >= 0.6 is 0 Å². The molecule has 0 fully saturated rings. The summed E-state index contributed by atoms with van der Waals surface area (Å²) in [7, 11) is 1.36. The van der Waals surface area contributed by atoms with Gasteiger partial charge in [0.2, 0.25) is 11.8 Å². The van der Waals surface area contributed by atoms with Crippen LogP contribution in [0, 0.1) is 11.8 Å². The van der Waals surface area contributed by atoms with E-state index < -0.39 is 59.6 Å². The van der Waals surface area contributed by atoms with E-state index in [0.29, 0.717) is 35.4 Å². The van der Waals surface area contributed by atoms with Crippen LogP contribution in [-0.4, -0.2) is 91.6 Å². The summed E-state index contributed by atoms with van der Waals surface area (Å²) in [6.07, 6.45) is 7.13. The van der Waals surface area contributed by atoms with E-state index in [4.69, 9.17) is 0 Å². The van der Waals surface area contributed by atoms with Crippen LogP contribution in [0.2, 0.25) is 0 Å². The van der Waals surface area contributed by atoms with Crippen molar-refractivity contribution in [2.24, 2.45) is 11.8 Å². The van der Waals surface area contributed by atoms with Crippen molar-refractivity contribution in [2.45, 2.75) is 77.5 Å². The first-order valence-corrected chi connectivity index (χ1v) is 18.3. The van der Waals surface area contributed by atoms with Gasteiger partial charge in [-0.15, -0.1) is 0 Å². The van der Waals surface area contributed by atoms with Crippen LogP contribution in [0.15, 0.2) is 85.7 Å². The number of carbonyl (C=O) groups excluding carboxylic acids is 6. The fourth-order valence-electron chi connectivity index (χ4n) is 5.70. The third-order valence-corrected chi connectivity index (χ3v) is 9.45. The molecule has 7 N–H and O–H groups in total. The molecule has 2 unspecified atom stereocenters. The van der Waals surface area contributed by atoms with Crippen LogP contribution in [0.3, 0.4) is 0 Å². The van der Waals surface area contributed by atoms with Gasteiger partial charge in [-0.05, 0) is 36.1 Å². The number of H-pyrrole nitrogens is 2. The minimum atomic E-state index is -1.10. The molecule has 16 heteroatoms. The molecule has 6 atom stereocenters. The standard InChI is InChI=1S/C39H50N10O6/c1-6-24(3)32(46-36(52)30(18-28-20-40-22-42-28)44-34(50)26-14-10-8-11-15-26)38(54)48-49(5)39(55)33(25(4)7-2)47-37(53)31(19-29-21-41-23-43-29)45-35(51)27-16-12-9-13-17-27/h8-17,20-25,30-33H,6-7,18-19H2,1-5H3,(H,40,42)(H,41,43)(H,44,50)(H,45,51)(H,46,52)(H,47,53)(H,48,54)/t24?,25?,30-,31+,32-,33+/m1/s1. The number of imidazole rings is 2. The van der Waals surface area contributed by atoms with E-state index >= 15 is 0 Å². The monoisotopic (exact) mass is 754 g/mol. The second kappa shape index (κ2) is 20.2. The smallest absolute Gasteiger partial charge is 0.263 e. The third-order valence-electron chi connectivity index (χ3n) is 9.45. The summed E-state index contributed by atoms with van der Waals surface area (Å²) in [5, 5.41) is 12.1. The van der Waals surface area contributed by atoms with Crippen LogP contribution in [0.25, 0.3) is 0 Å². The second-order valence-electron chi connectivity index (χ2n) is 13.5. The van der Waals surface area contributed by atoms with Gasteiger partial charge in [-0.25, -0.2) is 9.97 Å². The highest BCUT2D eigenvalue weighted by molar-refractivity contribution is 6.00. The van der Waals surface area contributed by atoms with E-state index in [1.807, 2.05) is 13.8 Å². The fraction of sp³-hybridized carbons (Fsp3) is 0.385. The summed E-state index contributed by atoms with van der Waals surface area (Å²) in [4.78, 5) is 95.5. The van der Waals surface area contributed by atoms with Crippen molar-refractivity contribution >= 4 is 35.4 Å². The van der Waals surface area contributed by atoms with Crippen molar-refractivity contribution in [3.8, 4) is 0 Å². The van der Waals surface area contributed by atoms with Gasteiger partial charge in [0.25, 0.3) is 23.6 Å².